The summed E-state index contributed by atoms with van der Waals surface area (Å²) in [6.07, 6.45) is 1.34. The molecule has 6 heterocycles. The van der Waals surface area contributed by atoms with Gasteiger partial charge in [-0.3, -0.25) is 23.3 Å². The van der Waals surface area contributed by atoms with Crippen molar-refractivity contribution in [3.05, 3.63) is 253 Å². The standard InChI is InChI=1S/C72H71N10O11PSi/c1-71(2,3)95(55-28-18-10-19-29-55,56-30-20-11-21-31-56)93-58-41-62(82-47-78-64-66(74-45-76-68(64)82)80-70(84)49-24-14-8-15-25-49)91-60(58)43-89-94(6,85)92-57-40-61(81-46-77-63-65(73-44-75-67(63)81)79-69(83)48-22-12-7-13-23-48)90-59(57)42-88-72(50-26-16-9-17-27-50,51-32-36-53(86-4)37-33-51)52-34-38-54(87-5)39-35-52/h7-39,44-47,57-62H,40-43H2,1-6H3,(H,73,75,79,83)(H,74,76,80,84)/t57-,58-,59+,60+,61+,62+,94+/m0/s1. The second kappa shape index (κ2) is 27.4. The molecule has 7 aromatic carbocycles. The molecule has 0 saturated carbocycles. The minimum Gasteiger partial charge on any atom is -0.497 e. The summed E-state index contributed by atoms with van der Waals surface area (Å²) in [5, 5.41) is 7.47. The minimum atomic E-state index is -4.15. The summed E-state index contributed by atoms with van der Waals surface area (Å²) in [5.41, 5.74) is 3.44. The number of hydrogen-bond acceptors (Lipinski definition) is 17. The number of rotatable bonds is 23. The number of amides is 2. The van der Waals surface area contributed by atoms with Gasteiger partial charge >= 0.3 is 7.60 Å². The predicted molar refractivity (Wildman–Crippen MR) is 362 cm³/mol. The average Bonchev–Trinajstić information content (AvgIpc) is 1.15. The Morgan fingerprint density at radius 1 is 0.537 bits per heavy atom. The number of nitrogens with zero attached hydrogens (tertiary/aromatic N) is 8. The molecule has 2 N–H and O–H groups in total. The molecule has 0 bridgehead atoms. The van der Waals surface area contributed by atoms with E-state index in [2.05, 4.69) is 75.6 Å². The molecule has 2 fully saturated rings. The Hall–Kier alpha value is -9.61. The monoisotopic (exact) mass is 1310 g/mol. The second-order valence-electron chi connectivity index (χ2n) is 24.3. The molecule has 7 atom stereocenters. The highest BCUT2D eigenvalue weighted by molar-refractivity contribution is 7.53. The number of ether oxygens (including phenoxy) is 5. The van der Waals surface area contributed by atoms with Crippen LogP contribution in [0.4, 0.5) is 11.6 Å². The molecule has 2 saturated heterocycles. The van der Waals surface area contributed by atoms with Crippen molar-refractivity contribution in [1.82, 2.24) is 39.0 Å². The fraction of sp³-hybridized carbons (Fsp3) is 0.250. The largest absolute Gasteiger partial charge is 0.497 e. The van der Waals surface area contributed by atoms with Crippen molar-refractivity contribution < 1.29 is 51.3 Å². The molecule has 2 aliphatic rings. The third-order valence-corrected chi connectivity index (χ3v) is 23.8. The Kier molecular flexibility index (Phi) is 18.5. The summed E-state index contributed by atoms with van der Waals surface area (Å²) in [5.74, 6) is 1.01. The zero-order valence-corrected chi connectivity index (χ0v) is 55.1. The lowest BCUT2D eigenvalue weighted by Crippen LogP contribution is -2.68. The van der Waals surface area contributed by atoms with E-state index in [0.29, 0.717) is 45.0 Å². The second-order valence-corrected chi connectivity index (χ2v) is 30.6. The molecule has 11 aromatic rings. The summed E-state index contributed by atoms with van der Waals surface area (Å²) >= 11 is 0. The van der Waals surface area contributed by atoms with Crippen LogP contribution >= 0.6 is 7.60 Å². The van der Waals surface area contributed by atoms with Crippen LogP contribution in [-0.4, -0.2) is 118 Å². The number of anilines is 2. The van der Waals surface area contributed by atoms with E-state index in [9.17, 15) is 9.59 Å². The maximum atomic E-state index is 15.6. The molecule has 0 spiro atoms. The number of methoxy groups -OCH3 is 2. The van der Waals surface area contributed by atoms with Crippen molar-refractivity contribution in [2.75, 3.05) is 44.7 Å². The van der Waals surface area contributed by atoms with Gasteiger partial charge in [0.1, 0.15) is 54.4 Å². The number of carbonyl (C=O) groups is 2. The summed E-state index contributed by atoms with van der Waals surface area (Å²) in [7, 11) is -4.21. The van der Waals surface area contributed by atoms with Crippen molar-refractivity contribution in [3.63, 3.8) is 0 Å². The van der Waals surface area contributed by atoms with E-state index in [4.69, 9.17) is 47.1 Å². The maximum Gasteiger partial charge on any atom is 0.328 e. The Morgan fingerprint density at radius 2 is 0.947 bits per heavy atom. The lowest BCUT2D eigenvalue weighted by atomic mass is 9.80. The zero-order valence-electron chi connectivity index (χ0n) is 53.2. The summed E-state index contributed by atoms with van der Waals surface area (Å²) in [6.45, 7) is 7.70. The van der Waals surface area contributed by atoms with Gasteiger partial charge in [-0.2, -0.15) is 0 Å². The topological polar surface area (TPSA) is 236 Å². The van der Waals surface area contributed by atoms with E-state index in [-0.39, 0.29) is 49.5 Å². The van der Waals surface area contributed by atoms with Gasteiger partial charge in [-0.25, -0.2) is 29.9 Å². The first-order chi connectivity index (χ1) is 46.1. The molecule has 21 nitrogen and oxygen atoms in total. The number of nitrogens with one attached hydrogen (secondary N) is 2. The van der Waals surface area contributed by atoms with Gasteiger partial charge in [0, 0.05) is 30.6 Å². The molecule has 13 rings (SSSR count). The average molecular weight is 1310 g/mol. The van der Waals surface area contributed by atoms with Gasteiger partial charge in [0.05, 0.1) is 52.3 Å². The van der Waals surface area contributed by atoms with E-state index in [1.807, 2.05) is 127 Å². The third-order valence-electron chi connectivity index (χ3n) is 17.4. The van der Waals surface area contributed by atoms with Crippen LogP contribution in [-0.2, 0) is 37.9 Å². The summed E-state index contributed by atoms with van der Waals surface area (Å²) in [4.78, 5) is 54.6. The smallest absolute Gasteiger partial charge is 0.328 e. The molecule has 23 heteroatoms. The van der Waals surface area contributed by atoms with Crippen molar-refractivity contribution >= 4 is 72.1 Å². The van der Waals surface area contributed by atoms with Crippen molar-refractivity contribution in [3.8, 4) is 11.5 Å². The van der Waals surface area contributed by atoms with Crippen LogP contribution in [0.1, 0.15) is 83.5 Å². The fourth-order valence-electron chi connectivity index (χ4n) is 12.8. The van der Waals surface area contributed by atoms with Crippen LogP contribution in [0.3, 0.4) is 0 Å². The SMILES string of the molecule is COc1ccc(C(OC[C@H]2O[C@@H](n3cnc4c(NC(=O)c5ccccc5)ncnc43)C[C@@H]2O[P@](C)(=O)OC[C@H]2O[C@@H](n3cnc4c(NC(=O)c5ccccc5)ncnc43)C[C@@H]2O[Si](c2ccccc2)(c2ccccc2)C(C)(C)C)(c2ccccc2)c2ccc(OC)cc2)cc1. The van der Waals surface area contributed by atoms with Crippen molar-refractivity contribution in [2.24, 2.45) is 0 Å². The molecule has 2 amide bonds. The Balaban J connectivity index is 0.847. The lowest BCUT2D eigenvalue weighted by molar-refractivity contribution is -0.0918. The molecular formula is C72H71N10O11PSi. The van der Waals surface area contributed by atoms with Crippen molar-refractivity contribution in [1.29, 1.82) is 0 Å². The molecule has 484 valence electrons. The molecule has 4 aromatic heterocycles. The normalized spacial score (nSPS) is 18.9. The van der Waals surface area contributed by atoms with Gasteiger partial charge in [-0.1, -0.05) is 172 Å². The molecular weight excluding hydrogens is 1240 g/mol. The van der Waals surface area contributed by atoms with E-state index < -0.39 is 63.4 Å². The first kappa shape index (κ1) is 64.1. The maximum absolute atomic E-state index is 15.6. The van der Waals surface area contributed by atoms with Gasteiger partial charge < -0.3 is 47.8 Å². The fourth-order valence-corrected chi connectivity index (χ4v) is 18.7. The molecule has 0 radical (unpaired) electrons. The highest BCUT2D eigenvalue weighted by Crippen LogP contribution is 2.52. The van der Waals surface area contributed by atoms with Gasteiger partial charge in [0.2, 0.25) is 0 Å². The quantitative estimate of drug-likeness (QED) is 0.0344. The van der Waals surface area contributed by atoms with E-state index >= 15 is 4.57 Å². The number of aromatic nitrogens is 8. The number of imidazole rings is 2. The van der Waals surface area contributed by atoms with E-state index in [1.165, 1.54) is 19.3 Å². The number of hydrogen-bond donors (Lipinski definition) is 2. The molecule has 2 aliphatic heterocycles. The lowest BCUT2D eigenvalue weighted by Gasteiger charge is -2.45. The van der Waals surface area contributed by atoms with Gasteiger partial charge in [0.25, 0.3) is 20.1 Å². The Labute approximate surface area is 550 Å². The van der Waals surface area contributed by atoms with E-state index in [0.717, 1.165) is 27.1 Å². The van der Waals surface area contributed by atoms with Crippen LogP contribution < -0.4 is 30.5 Å². The highest BCUT2D eigenvalue weighted by Gasteiger charge is 2.55. The van der Waals surface area contributed by atoms with Gasteiger partial charge in [0.15, 0.2) is 34.0 Å². The van der Waals surface area contributed by atoms with Crippen LogP contribution in [0, 0.1) is 0 Å². The van der Waals surface area contributed by atoms with Crippen LogP contribution in [0.25, 0.3) is 22.3 Å². The van der Waals surface area contributed by atoms with Crippen LogP contribution in [0.15, 0.2) is 225 Å². The Bertz CT molecular complexity index is 4410. The number of benzene rings is 7. The molecule has 0 unspecified atom stereocenters. The van der Waals surface area contributed by atoms with Crippen LogP contribution in [0.5, 0.6) is 11.5 Å². The number of carbonyl (C=O) groups excluding carboxylic acids is 2. The number of fused-ring (bicyclic) bond motifs is 2. The van der Waals surface area contributed by atoms with Gasteiger partial charge in [-0.15, -0.1) is 0 Å². The van der Waals surface area contributed by atoms with Crippen molar-refractivity contribution in [2.45, 2.75) is 81.1 Å². The highest BCUT2D eigenvalue weighted by atomic mass is 31.2. The molecule has 95 heavy (non-hydrogen) atoms. The Morgan fingerprint density at radius 3 is 1.39 bits per heavy atom. The van der Waals surface area contributed by atoms with E-state index in [1.54, 1.807) is 84.5 Å². The zero-order chi connectivity index (χ0) is 65.7. The molecule has 0 aliphatic carbocycles. The first-order valence-electron chi connectivity index (χ1n) is 31.2. The van der Waals surface area contributed by atoms with Crippen LogP contribution in [0.2, 0.25) is 5.04 Å². The summed E-state index contributed by atoms with van der Waals surface area (Å²) < 4.78 is 73.5. The third kappa shape index (κ3) is 13.1. The summed E-state index contributed by atoms with van der Waals surface area (Å²) in [6, 6.07) is 63.6. The minimum absolute atomic E-state index is 0.115. The van der Waals surface area contributed by atoms with Gasteiger partial charge in [-0.05, 0) is 80.6 Å². The predicted octanol–water partition coefficient (Wildman–Crippen LogP) is 11.9. The first-order valence-corrected chi connectivity index (χ1v) is 35.1.